The van der Waals surface area contributed by atoms with Crippen molar-refractivity contribution in [3.63, 3.8) is 0 Å². The van der Waals surface area contributed by atoms with Gasteiger partial charge in [-0.15, -0.1) is 0 Å². The number of carbonyl (C=O) groups is 3. The first-order chi connectivity index (χ1) is 15.5. The highest BCUT2D eigenvalue weighted by atomic mass is 16.7. The van der Waals surface area contributed by atoms with Crippen molar-refractivity contribution in [1.29, 1.82) is 0 Å². The van der Waals surface area contributed by atoms with Crippen LogP contribution in [0.15, 0.2) is 42.5 Å². The maximum Gasteiger partial charge on any atom is 0.325 e. The highest BCUT2D eigenvalue weighted by Gasteiger charge is 2.55. The lowest BCUT2D eigenvalue weighted by atomic mass is 9.84. The molecule has 1 N–H and O–H groups in total. The van der Waals surface area contributed by atoms with Crippen molar-refractivity contribution in [2.24, 2.45) is 0 Å². The predicted molar refractivity (Wildman–Crippen MR) is 112 cm³/mol. The molecule has 4 amide bonds. The van der Waals surface area contributed by atoms with Gasteiger partial charge in [-0.3, -0.25) is 14.5 Å². The van der Waals surface area contributed by atoms with E-state index in [-0.39, 0.29) is 19.2 Å². The Hall–Kier alpha value is -3.75. The van der Waals surface area contributed by atoms with Crippen LogP contribution in [0.3, 0.4) is 0 Å². The van der Waals surface area contributed by atoms with E-state index in [1.165, 1.54) is 0 Å². The van der Waals surface area contributed by atoms with E-state index in [0.717, 1.165) is 10.5 Å². The minimum Gasteiger partial charge on any atom is -0.493 e. The predicted octanol–water partition coefficient (Wildman–Crippen LogP) is 1.99. The number of fused-ring (bicyclic) bond motifs is 3. The molecule has 0 saturated carbocycles. The SMILES string of the molecule is CCN(Cc1ccc2c(c1)OCO2)C(=O)CN1C(=O)N[C@]2(CCOc3ccccc32)C1=O. The molecular formula is C23H23N3O6. The van der Waals surface area contributed by atoms with Crippen LogP contribution in [0.2, 0.25) is 0 Å². The fraction of sp³-hybridized carbons (Fsp3) is 0.348. The zero-order valence-corrected chi connectivity index (χ0v) is 17.6. The molecule has 166 valence electrons. The van der Waals surface area contributed by atoms with Gasteiger partial charge in [-0.25, -0.2) is 4.79 Å². The molecule has 9 nitrogen and oxygen atoms in total. The van der Waals surface area contributed by atoms with E-state index < -0.39 is 17.5 Å². The molecule has 1 fully saturated rings. The first kappa shape index (κ1) is 20.2. The van der Waals surface area contributed by atoms with Gasteiger partial charge in [0.05, 0.1) is 6.61 Å². The lowest BCUT2D eigenvalue weighted by Gasteiger charge is -2.33. The van der Waals surface area contributed by atoms with Crippen LogP contribution in [0.25, 0.3) is 0 Å². The van der Waals surface area contributed by atoms with Crippen molar-refractivity contribution < 1.29 is 28.6 Å². The lowest BCUT2D eigenvalue weighted by Crippen LogP contribution is -2.48. The molecule has 0 bridgehead atoms. The fourth-order valence-corrected chi connectivity index (χ4v) is 4.39. The lowest BCUT2D eigenvalue weighted by molar-refractivity contribution is -0.140. The highest BCUT2D eigenvalue weighted by molar-refractivity contribution is 6.09. The standard InChI is InChI=1S/C23H23N3O6/c1-2-25(12-15-7-8-18-19(11-15)32-14-31-18)20(27)13-26-21(28)23(24-22(26)29)9-10-30-17-6-4-3-5-16(17)23/h3-8,11H,2,9-10,12-14H2,1H3,(H,24,29)/t23-/m0/s1. The van der Waals surface area contributed by atoms with Crippen molar-refractivity contribution >= 4 is 17.8 Å². The molecule has 2 aromatic rings. The molecule has 3 heterocycles. The van der Waals surface area contributed by atoms with Gasteiger partial charge in [0.1, 0.15) is 12.3 Å². The quantitative estimate of drug-likeness (QED) is 0.719. The molecule has 3 aliphatic rings. The summed E-state index contributed by atoms with van der Waals surface area (Å²) in [6.07, 6.45) is 0.313. The maximum absolute atomic E-state index is 13.4. The molecule has 3 aliphatic heterocycles. The van der Waals surface area contributed by atoms with E-state index in [1.54, 1.807) is 29.2 Å². The Morgan fingerprint density at radius 3 is 2.75 bits per heavy atom. The zero-order valence-electron chi connectivity index (χ0n) is 17.6. The number of hydrogen-bond acceptors (Lipinski definition) is 6. The average molecular weight is 437 g/mol. The fourth-order valence-electron chi connectivity index (χ4n) is 4.39. The van der Waals surface area contributed by atoms with E-state index in [9.17, 15) is 14.4 Å². The van der Waals surface area contributed by atoms with E-state index in [0.29, 0.717) is 48.9 Å². The number of likely N-dealkylation sites (N-methyl/N-ethyl adjacent to an activating group) is 1. The number of carbonyl (C=O) groups excluding carboxylic acids is 3. The molecular weight excluding hydrogens is 414 g/mol. The first-order valence-corrected chi connectivity index (χ1v) is 10.5. The molecule has 1 atom stereocenters. The normalized spacial score (nSPS) is 20.7. The second-order valence-electron chi connectivity index (χ2n) is 7.92. The Kier molecular flexibility index (Phi) is 4.88. The molecule has 9 heteroatoms. The second-order valence-corrected chi connectivity index (χ2v) is 7.92. The van der Waals surface area contributed by atoms with E-state index in [4.69, 9.17) is 14.2 Å². The molecule has 2 aromatic carbocycles. The summed E-state index contributed by atoms with van der Waals surface area (Å²) in [5.41, 5.74) is 0.296. The number of para-hydroxylation sites is 1. The van der Waals surface area contributed by atoms with Crippen molar-refractivity contribution in [2.75, 3.05) is 26.5 Å². The van der Waals surface area contributed by atoms with Crippen molar-refractivity contribution in [3.8, 4) is 17.2 Å². The maximum atomic E-state index is 13.4. The van der Waals surface area contributed by atoms with Crippen LogP contribution in [-0.4, -0.2) is 54.1 Å². The summed E-state index contributed by atoms with van der Waals surface area (Å²) < 4.78 is 16.4. The number of nitrogens with zero attached hydrogens (tertiary/aromatic N) is 2. The van der Waals surface area contributed by atoms with Gasteiger partial charge in [0.25, 0.3) is 5.91 Å². The van der Waals surface area contributed by atoms with Crippen molar-refractivity contribution in [1.82, 2.24) is 15.1 Å². The Bertz CT molecular complexity index is 1100. The van der Waals surface area contributed by atoms with Gasteiger partial charge in [-0.1, -0.05) is 24.3 Å². The highest BCUT2D eigenvalue weighted by Crippen LogP contribution is 2.41. The second kappa shape index (κ2) is 7.74. The summed E-state index contributed by atoms with van der Waals surface area (Å²) in [4.78, 5) is 41.8. The summed E-state index contributed by atoms with van der Waals surface area (Å²) in [7, 11) is 0. The molecule has 0 aliphatic carbocycles. The summed E-state index contributed by atoms with van der Waals surface area (Å²) in [5.74, 6) is 1.14. The number of urea groups is 1. The Morgan fingerprint density at radius 2 is 1.91 bits per heavy atom. The minimum atomic E-state index is -1.19. The topological polar surface area (TPSA) is 97.4 Å². The van der Waals surface area contributed by atoms with Crippen molar-refractivity contribution in [3.05, 3.63) is 53.6 Å². The van der Waals surface area contributed by atoms with Crippen LogP contribution >= 0.6 is 0 Å². The Balaban J connectivity index is 1.33. The van der Waals surface area contributed by atoms with Crippen molar-refractivity contribution in [2.45, 2.75) is 25.4 Å². The molecule has 0 unspecified atom stereocenters. The van der Waals surface area contributed by atoms with Crippen LogP contribution in [0.5, 0.6) is 17.2 Å². The van der Waals surface area contributed by atoms with Gasteiger partial charge >= 0.3 is 6.03 Å². The number of ether oxygens (including phenoxy) is 3. The summed E-state index contributed by atoms with van der Waals surface area (Å²) >= 11 is 0. The summed E-state index contributed by atoms with van der Waals surface area (Å²) in [6.45, 7) is 2.77. The third-order valence-electron chi connectivity index (χ3n) is 6.10. The smallest absolute Gasteiger partial charge is 0.325 e. The largest absolute Gasteiger partial charge is 0.493 e. The monoisotopic (exact) mass is 437 g/mol. The van der Waals surface area contributed by atoms with Gasteiger partial charge in [0.15, 0.2) is 17.0 Å². The molecule has 1 saturated heterocycles. The van der Waals surface area contributed by atoms with Gasteiger partial charge in [-0.05, 0) is 30.7 Å². The molecule has 5 rings (SSSR count). The summed E-state index contributed by atoms with van der Waals surface area (Å²) in [6, 6.07) is 12.1. The number of hydrogen-bond donors (Lipinski definition) is 1. The van der Waals surface area contributed by atoms with Gasteiger partial charge in [0.2, 0.25) is 12.7 Å². The average Bonchev–Trinajstić information content (AvgIpc) is 3.36. The van der Waals surface area contributed by atoms with Gasteiger partial charge < -0.3 is 24.4 Å². The van der Waals surface area contributed by atoms with E-state index >= 15 is 0 Å². The van der Waals surface area contributed by atoms with Crippen LogP contribution in [0, 0.1) is 0 Å². The molecule has 1 spiro atoms. The number of amides is 4. The van der Waals surface area contributed by atoms with Gasteiger partial charge in [0, 0.05) is 25.1 Å². The number of imide groups is 1. The first-order valence-electron chi connectivity index (χ1n) is 10.5. The number of nitrogens with one attached hydrogen (secondary N) is 1. The van der Waals surface area contributed by atoms with Crippen LogP contribution in [0.4, 0.5) is 4.79 Å². The minimum absolute atomic E-state index is 0.178. The van der Waals surface area contributed by atoms with Gasteiger partial charge in [-0.2, -0.15) is 0 Å². The molecule has 0 aromatic heterocycles. The van der Waals surface area contributed by atoms with E-state index in [2.05, 4.69) is 5.32 Å². The van der Waals surface area contributed by atoms with Crippen LogP contribution in [-0.2, 0) is 21.7 Å². The number of benzene rings is 2. The third-order valence-corrected chi connectivity index (χ3v) is 6.10. The Morgan fingerprint density at radius 1 is 1.09 bits per heavy atom. The molecule has 0 radical (unpaired) electrons. The van der Waals surface area contributed by atoms with Crippen LogP contribution in [0.1, 0.15) is 24.5 Å². The van der Waals surface area contributed by atoms with E-state index in [1.807, 2.05) is 25.1 Å². The van der Waals surface area contributed by atoms with Crippen LogP contribution < -0.4 is 19.5 Å². The third kappa shape index (κ3) is 3.21. The summed E-state index contributed by atoms with van der Waals surface area (Å²) in [5, 5.41) is 2.82. The zero-order chi connectivity index (χ0) is 22.3. The molecule has 32 heavy (non-hydrogen) atoms. The number of rotatable bonds is 5. The Labute approximate surface area is 184 Å².